The number of carbonyl (C=O) groups is 1. The summed E-state index contributed by atoms with van der Waals surface area (Å²) < 4.78 is 44.6. The van der Waals surface area contributed by atoms with E-state index in [9.17, 15) is 13.2 Å². The molecule has 0 aliphatic rings. The first kappa shape index (κ1) is 24.5. The highest BCUT2D eigenvalue weighted by Gasteiger charge is 2.20. The highest BCUT2D eigenvalue weighted by Crippen LogP contribution is 2.29. The molecule has 0 aliphatic carbocycles. The molecule has 0 spiro atoms. The lowest BCUT2D eigenvalue weighted by Crippen LogP contribution is -2.22. The molecule has 0 N–H and O–H groups in total. The number of imidazole rings is 1. The van der Waals surface area contributed by atoms with Crippen LogP contribution in [0.5, 0.6) is 11.5 Å². The minimum Gasteiger partial charge on any atom is -0.490 e. The predicted molar refractivity (Wildman–Crippen MR) is 124 cm³/mol. The molecule has 1 heterocycles. The summed E-state index contributed by atoms with van der Waals surface area (Å²) in [7, 11) is -0.622. The SMILES string of the molecule is CCOc1ccc(C(=O)OCc2nc3cc(S(=O)(=O)N(C)C)ccc3n2CC)cc1OCC. The van der Waals surface area contributed by atoms with Gasteiger partial charge >= 0.3 is 5.97 Å². The van der Waals surface area contributed by atoms with Crippen LogP contribution in [0.1, 0.15) is 37.0 Å². The van der Waals surface area contributed by atoms with Gasteiger partial charge in [-0.15, -0.1) is 0 Å². The molecule has 2 aromatic carbocycles. The fraction of sp³-hybridized carbons (Fsp3) is 0.391. The number of fused-ring (bicyclic) bond motifs is 1. The molecule has 3 aromatic rings. The number of benzene rings is 2. The first-order chi connectivity index (χ1) is 15.7. The molecule has 0 saturated heterocycles. The minimum absolute atomic E-state index is 0.0612. The Morgan fingerprint density at radius 1 is 1.00 bits per heavy atom. The maximum absolute atomic E-state index is 12.7. The standard InChI is InChI=1S/C23H29N3O6S/c1-6-26-19-11-10-17(33(28,29)25(4)5)14-18(19)24-22(26)15-32-23(27)16-9-12-20(30-7-2)21(13-16)31-8-3/h9-14H,6-8,15H2,1-5H3. The number of nitrogens with zero attached hydrogens (tertiary/aromatic N) is 3. The molecule has 0 amide bonds. The summed E-state index contributed by atoms with van der Waals surface area (Å²) in [5.74, 6) is 1.04. The van der Waals surface area contributed by atoms with Gasteiger partial charge in [-0.1, -0.05) is 0 Å². The van der Waals surface area contributed by atoms with Gasteiger partial charge in [0.15, 0.2) is 11.5 Å². The fourth-order valence-electron chi connectivity index (χ4n) is 3.39. The summed E-state index contributed by atoms with van der Waals surface area (Å²) in [4.78, 5) is 17.4. The molecule has 0 aliphatic heterocycles. The van der Waals surface area contributed by atoms with E-state index in [1.807, 2.05) is 25.3 Å². The minimum atomic E-state index is -3.58. The average Bonchev–Trinajstić information content (AvgIpc) is 3.15. The van der Waals surface area contributed by atoms with E-state index in [-0.39, 0.29) is 11.5 Å². The number of esters is 1. The van der Waals surface area contributed by atoms with E-state index in [1.165, 1.54) is 20.2 Å². The first-order valence-electron chi connectivity index (χ1n) is 10.7. The zero-order chi connectivity index (χ0) is 24.2. The van der Waals surface area contributed by atoms with Gasteiger partial charge in [-0.05, 0) is 57.2 Å². The molecule has 1 aromatic heterocycles. The van der Waals surface area contributed by atoms with Crippen LogP contribution >= 0.6 is 0 Å². The van der Waals surface area contributed by atoms with E-state index in [1.54, 1.807) is 30.3 Å². The molecular formula is C23H29N3O6S. The monoisotopic (exact) mass is 475 g/mol. The highest BCUT2D eigenvalue weighted by molar-refractivity contribution is 7.89. The molecule has 178 valence electrons. The number of aryl methyl sites for hydroxylation is 1. The van der Waals surface area contributed by atoms with Crippen molar-refractivity contribution in [3.63, 3.8) is 0 Å². The number of aromatic nitrogens is 2. The van der Waals surface area contributed by atoms with Crippen LogP contribution in [0, 0.1) is 0 Å². The van der Waals surface area contributed by atoms with Gasteiger partial charge in [-0.3, -0.25) is 0 Å². The van der Waals surface area contributed by atoms with Crippen LogP contribution in [0.2, 0.25) is 0 Å². The molecule has 33 heavy (non-hydrogen) atoms. The van der Waals surface area contributed by atoms with Gasteiger partial charge in [0.2, 0.25) is 10.0 Å². The average molecular weight is 476 g/mol. The predicted octanol–water partition coefficient (Wildman–Crippen LogP) is 3.46. The summed E-state index contributed by atoms with van der Waals surface area (Å²) in [6.45, 7) is 7.10. The Kier molecular flexibility index (Phi) is 7.60. The van der Waals surface area contributed by atoms with Crippen LogP contribution < -0.4 is 9.47 Å². The molecule has 9 nitrogen and oxygen atoms in total. The third-order valence-electron chi connectivity index (χ3n) is 5.01. The largest absolute Gasteiger partial charge is 0.490 e. The summed E-state index contributed by atoms with van der Waals surface area (Å²) in [6, 6.07) is 9.70. The van der Waals surface area contributed by atoms with Crippen molar-refractivity contribution >= 4 is 27.0 Å². The summed E-state index contributed by atoms with van der Waals surface area (Å²) in [6.07, 6.45) is 0. The molecule has 0 bridgehead atoms. The van der Waals surface area contributed by atoms with Crippen molar-refractivity contribution in [1.82, 2.24) is 13.9 Å². The van der Waals surface area contributed by atoms with Crippen molar-refractivity contribution in [2.45, 2.75) is 38.8 Å². The van der Waals surface area contributed by atoms with Gasteiger partial charge in [0.1, 0.15) is 12.4 Å². The Hall–Kier alpha value is -3.11. The van der Waals surface area contributed by atoms with Crippen molar-refractivity contribution in [2.75, 3.05) is 27.3 Å². The lowest BCUT2D eigenvalue weighted by Gasteiger charge is -2.12. The quantitative estimate of drug-likeness (QED) is 0.414. The molecule has 0 fully saturated rings. The summed E-state index contributed by atoms with van der Waals surface area (Å²) >= 11 is 0. The summed E-state index contributed by atoms with van der Waals surface area (Å²) in [5.41, 5.74) is 1.62. The maximum atomic E-state index is 12.7. The van der Waals surface area contributed by atoms with Crippen LogP contribution in [0.25, 0.3) is 11.0 Å². The van der Waals surface area contributed by atoms with E-state index in [2.05, 4.69) is 4.98 Å². The van der Waals surface area contributed by atoms with E-state index < -0.39 is 16.0 Å². The Balaban J connectivity index is 1.84. The number of hydrogen-bond acceptors (Lipinski definition) is 7. The van der Waals surface area contributed by atoms with Crippen molar-refractivity contribution in [3.8, 4) is 11.5 Å². The zero-order valence-corrected chi connectivity index (χ0v) is 20.3. The van der Waals surface area contributed by atoms with Crippen LogP contribution in [0.4, 0.5) is 0 Å². The highest BCUT2D eigenvalue weighted by atomic mass is 32.2. The van der Waals surface area contributed by atoms with Crippen LogP contribution in [-0.2, 0) is 27.9 Å². The molecule has 0 atom stereocenters. The molecule has 3 rings (SSSR count). The second-order valence-corrected chi connectivity index (χ2v) is 9.47. The molecule has 0 saturated carbocycles. The number of hydrogen-bond donors (Lipinski definition) is 0. The number of ether oxygens (including phenoxy) is 3. The summed E-state index contributed by atoms with van der Waals surface area (Å²) in [5, 5.41) is 0. The molecular weight excluding hydrogens is 446 g/mol. The van der Waals surface area contributed by atoms with E-state index >= 15 is 0 Å². The number of rotatable bonds is 10. The van der Waals surface area contributed by atoms with E-state index in [4.69, 9.17) is 14.2 Å². The lowest BCUT2D eigenvalue weighted by molar-refractivity contribution is 0.0458. The van der Waals surface area contributed by atoms with Crippen molar-refractivity contribution < 1.29 is 27.4 Å². The van der Waals surface area contributed by atoms with Gasteiger partial charge in [0, 0.05) is 20.6 Å². The number of carbonyl (C=O) groups excluding carboxylic acids is 1. The van der Waals surface area contributed by atoms with Crippen molar-refractivity contribution in [1.29, 1.82) is 0 Å². The third kappa shape index (κ3) is 5.12. The molecule has 0 unspecified atom stereocenters. The van der Waals surface area contributed by atoms with Crippen molar-refractivity contribution in [3.05, 3.63) is 47.8 Å². The normalized spacial score (nSPS) is 11.7. The van der Waals surface area contributed by atoms with Gasteiger partial charge in [-0.2, -0.15) is 0 Å². The lowest BCUT2D eigenvalue weighted by atomic mass is 10.2. The van der Waals surface area contributed by atoms with Crippen molar-refractivity contribution in [2.24, 2.45) is 0 Å². The smallest absolute Gasteiger partial charge is 0.338 e. The van der Waals surface area contributed by atoms with Gasteiger partial charge in [0.25, 0.3) is 0 Å². The Bertz CT molecular complexity index is 1250. The second-order valence-electron chi connectivity index (χ2n) is 7.31. The Morgan fingerprint density at radius 3 is 2.33 bits per heavy atom. The van der Waals surface area contributed by atoms with Gasteiger partial charge in [0.05, 0.1) is 34.7 Å². The zero-order valence-electron chi connectivity index (χ0n) is 19.5. The molecule has 10 heteroatoms. The van der Waals surface area contributed by atoms with E-state index in [0.29, 0.717) is 48.2 Å². The topological polar surface area (TPSA) is 100.0 Å². The second kappa shape index (κ2) is 10.2. The Labute approximate surface area is 193 Å². The first-order valence-corrected chi connectivity index (χ1v) is 12.1. The van der Waals surface area contributed by atoms with Crippen LogP contribution in [0.15, 0.2) is 41.3 Å². The molecule has 0 radical (unpaired) electrons. The maximum Gasteiger partial charge on any atom is 0.338 e. The van der Waals surface area contributed by atoms with Gasteiger partial charge < -0.3 is 18.8 Å². The van der Waals surface area contributed by atoms with Crippen LogP contribution in [-0.4, -0.2) is 55.6 Å². The van der Waals surface area contributed by atoms with Gasteiger partial charge in [-0.25, -0.2) is 22.5 Å². The fourth-order valence-corrected chi connectivity index (χ4v) is 4.31. The number of sulfonamides is 1. The van der Waals surface area contributed by atoms with Crippen LogP contribution in [0.3, 0.4) is 0 Å². The van der Waals surface area contributed by atoms with E-state index in [0.717, 1.165) is 9.82 Å². The third-order valence-corrected chi connectivity index (χ3v) is 6.82. The Morgan fingerprint density at radius 2 is 1.70 bits per heavy atom.